The van der Waals surface area contributed by atoms with Gasteiger partial charge in [-0.2, -0.15) is 0 Å². The van der Waals surface area contributed by atoms with Gasteiger partial charge >= 0.3 is 6.09 Å². The largest absolute Gasteiger partial charge is 0.756 e. The van der Waals surface area contributed by atoms with Gasteiger partial charge in [-0.05, 0) is 13.3 Å². The number of alkyl carbamates (subject to hydrolysis) is 1. The molecular formula is C29H61N2O6P. The van der Waals surface area contributed by atoms with Gasteiger partial charge < -0.3 is 28.5 Å². The van der Waals surface area contributed by atoms with Crippen LogP contribution in [0.4, 0.5) is 4.79 Å². The van der Waals surface area contributed by atoms with Crippen LogP contribution in [-0.2, 0) is 18.3 Å². The topological polar surface area (TPSA) is 96.9 Å². The number of unbranched alkanes of at least 4 members (excludes halogenated alkanes) is 15. The second kappa shape index (κ2) is 24.2. The van der Waals surface area contributed by atoms with Gasteiger partial charge in [-0.15, -0.1) is 0 Å². The van der Waals surface area contributed by atoms with Crippen LogP contribution in [0.3, 0.4) is 0 Å². The van der Waals surface area contributed by atoms with E-state index in [4.69, 9.17) is 13.8 Å². The second-order valence-electron chi connectivity index (χ2n) is 11.7. The summed E-state index contributed by atoms with van der Waals surface area (Å²) in [4.78, 5) is 23.8. The van der Waals surface area contributed by atoms with E-state index in [0.717, 1.165) is 19.3 Å². The van der Waals surface area contributed by atoms with E-state index in [2.05, 4.69) is 12.2 Å². The van der Waals surface area contributed by atoms with Gasteiger partial charge in [-0.25, -0.2) is 4.79 Å². The van der Waals surface area contributed by atoms with Gasteiger partial charge in [0.2, 0.25) is 0 Å². The monoisotopic (exact) mass is 564 g/mol. The molecule has 0 aromatic carbocycles. The molecule has 38 heavy (non-hydrogen) atoms. The van der Waals surface area contributed by atoms with Crippen LogP contribution < -0.4 is 10.2 Å². The highest BCUT2D eigenvalue weighted by Crippen LogP contribution is 2.39. The zero-order chi connectivity index (χ0) is 28.5. The summed E-state index contributed by atoms with van der Waals surface area (Å²) < 4.78 is 28.1. The van der Waals surface area contributed by atoms with Crippen LogP contribution in [0.2, 0.25) is 0 Å². The van der Waals surface area contributed by atoms with Crippen molar-refractivity contribution in [3.8, 4) is 0 Å². The minimum Gasteiger partial charge on any atom is -0.756 e. The van der Waals surface area contributed by atoms with Gasteiger partial charge in [-0.1, -0.05) is 110 Å². The first kappa shape index (κ1) is 37.3. The molecule has 0 saturated carbocycles. The SMILES string of the molecule is CCCCCCCCCCCCCCCCCCC(COC(=O)NCC)COP(=O)([O-])OCC[N+](C)(C)C. The van der Waals surface area contributed by atoms with E-state index in [1.807, 2.05) is 28.1 Å². The van der Waals surface area contributed by atoms with Gasteiger partial charge in [-0.3, -0.25) is 4.57 Å². The van der Waals surface area contributed by atoms with Gasteiger partial charge in [0.1, 0.15) is 13.2 Å². The van der Waals surface area contributed by atoms with Crippen molar-refractivity contribution >= 4 is 13.9 Å². The molecule has 1 amide bonds. The molecule has 0 aliphatic rings. The Morgan fingerprint density at radius 3 is 1.68 bits per heavy atom. The van der Waals surface area contributed by atoms with Crippen LogP contribution >= 0.6 is 7.82 Å². The highest BCUT2D eigenvalue weighted by Gasteiger charge is 2.18. The van der Waals surface area contributed by atoms with Crippen LogP contribution in [-0.4, -0.2) is 64.6 Å². The number of nitrogens with one attached hydrogen (secondary N) is 1. The van der Waals surface area contributed by atoms with Crippen LogP contribution in [0.5, 0.6) is 0 Å². The Bertz CT molecular complexity index is 600. The quantitative estimate of drug-likeness (QED) is 0.0643. The number of ether oxygens (including phenoxy) is 1. The van der Waals surface area contributed by atoms with Crippen molar-refractivity contribution in [1.82, 2.24) is 5.32 Å². The standard InChI is InChI=1S/C29H61N2O6P/c1-6-8-9-10-11-12-13-14-15-16-17-18-19-20-21-22-23-28(26-35-29(32)30-7-2)27-37-38(33,34)36-25-24-31(3,4)5/h28H,6-27H2,1-5H3,(H-,30,32,33,34). The lowest BCUT2D eigenvalue weighted by atomic mass is 10.0. The highest BCUT2D eigenvalue weighted by molar-refractivity contribution is 7.45. The maximum Gasteiger partial charge on any atom is 0.407 e. The third-order valence-corrected chi connectivity index (χ3v) is 7.68. The molecule has 2 unspecified atom stereocenters. The Morgan fingerprint density at radius 1 is 0.763 bits per heavy atom. The first-order chi connectivity index (χ1) is 18.1. The third-order valence-electron chi connectivity index (χ3n) is 6.72. The Morgan fingerprint density at radius 2 is 1.24 bits per heavy atom. The predicted octanol–water partition coefficient (Wildman–Crippen LogP) is 7.21. The molecule has 0 aromatic heterocycles. The third kappa shape index (κ3) is 26.9. The lowest BCUT2D eigenvalue weighted by Gasteiger charge is -2.28. The van der Waals surface area contributed by atoms with Crippen molar-refractivity contribution in [1.29, 1.82) is 0 Å². The second-order valence-corrected chi connectivity index (χ2v) is 13.1. The number of quaternary nitrogens is 1. The normalized spacial score (nSPS) is 14.3. The lowest BCUT2D eigenvalue weighted by molar-refractivity contribution is -0.870. The molecule has 0 heterocycles. The minimum atomic E-state index is -4.38. The lowest BCUT2D eigenvalue weighted by Crippen LogP contribution is -2.37. The molecule has 228 valence electrons. The first-order valence-corrected chi connectivity index (χ1v) is 16.9. The summed E-state index contributed by atoms with van der Waals surface area (Å²) in [6.45, 7) is 5.28. The van der Waals surface area contributed by atoms with Crippen molar-refractivity contribution in [3.63, 3.8) is 0 Å². The van der Waals surface area contributed by atoms with Crippen molar-refractivity contribution < 1.29 is 32.5 Å². The average molecular weight is 565 g/mol. The molecule has 0 aromatic rings. The summed E-state index contributed by atoms with van der Waals surface area (Å²) in [7, 11) is 1.51. The van der Waals surface area contributed by atoms with E-state index >= 15 is 0 Å². The Kier molecular flexibility index (Phi) is 23.7. The molecule has 0 rings (SSSR count). The fraction of sp³-hybridized carbons (Fsp3) is 0.966. The molecule has 2 atom stereocenters. The molecular weight excluding hydrogens is 503 g/mol. The van der Waals surface area contributed by atoms with Crippen LogP contribution in [0.1, 0.15) is 123 Å². The van der Waals surface area contributed by atoms with E-state index in [1.165, 1.54) is 89.9 Å². The number of likely N-dealkylation sites (N-methyl/N-ethyl adjacent to an activating group) is 1. The molecule has 0 bridgehead atoms. The number of hydrogen-bond donors (Lipinski definition) is 1. The fourth-order valence-electron chi connectivity index (χ4n) is 4.25. The zero-order valence-electron chi connectivity index (χ0n) is 25.5. The van der Waals surface area contributed by atoms with Gasteiger partial charge in [0, 0.05) is 12.5 Å². The van der Waals surface area contributed by atoms with Crippen molar-refractivity contribution in [2.45, 2.75) is 123 Å². The minimum absolute atomic E-state index is 0.0384. The summed E-state index contributed by atoms with van der Waals surface area (Å²) in [6.07, 6.45) is 21.1. The Balaban J connectivity index is 4.01. The molecule has 9 heteroatoms. The van der Waals surface area contributed by atoms with Gasteiger partial charge in [0.25, 0.3) is 7.82 Å². The summed E-state index contributed by atoms with van der Waals surface area (Å²) in [6, 6.07) is 0. The number of nitrogens with zero attached hydrogens (tertiary/aromatic N) is 1. The Labute approximate surface area is 234 Å². The number of carbonyl (C=O) groups excluding carboxylic acids is 1. The molecule has 0 saturated heterocycles. The molecule has 8 nitrogen and oxygen atoms in total. The van der Waals surface area contributed by atoms with Crippen molar-refractivity contribution in [3.05, 3.63) is 0 Å². The van der Waals surface area contributed by atoms with Gasteiger partial charge in [0.05, 0.1) is 34.4 Å². The molecule has 1 N–H and O–H groups in total. The summed E-state index contributed by atoms with van der Waals surface area (Å²) >= 11 is 0. The number of carbonyl (C=O) groups is 1. The Hall–Kier alpha value is -0.660. The van der Waals surface area contributed by atoms with Crippen molar-refractivity contribution in [2.24, 2.45) is 5.92 Å². The maximum atomic E-state index is 12.1. The van der Waals surface area contributed by atoms with E-state index in [-0.39, 0.29) is 25.7 Å². The average Bonchev–Trinajstić information content (AvgIpc) is 2.84. The van der Waals surface area contributed by atoms with E-state index in [9.17, 15) is 14.3 Å². The first-order valence-electron chi connectivity index (χ1n) is 15.4. The number of amides is 1. The molecule has 0 aliphatic heterocycles. The highest BCUT2D eigenvalue weighted by atomic mass is 31.2. The number of hydrogen-bond acceptors (Lipinski definition) is 6. The van der Waals surface area contributed by atoms with Crippen molar-refractivity contribution in [2.75, 3.05) is 54.1 Å². The number of phosphoric ester groups is 1. The summed E-state index contributed by atoms with van der Waals surface area (Å²) in [5.74, 6) is -0.187. The van der Waals surface area contributed by atoms with Crippen LogP contribution in [0.25, 0.3) is 0 Å². The smallest absolute Gasteiger partial charge is 0.407 e. The van der Waals surface area contributed by atoms with E-state index < -0.39 is 13.9 Å². The number of rotatable bonds is 27. The van der Waals surface area contributed by atoms with E-state index in [1.54, 1.807) is 0 Å². The summed E-state index contributed by atoms with van der Waals surface area (Å²) in [5, 5.41) is 2.59. The van der Waals surface area contributed by atoms with Crippen LogP contribution in [0.15, 0.2) is 0 Å². The number of phosphoric acid groups is 1. The zero-order valence-corrected chi connectivity index (χ0v) is 26.4. The molecule has 0 fully saturated rings. The molecule has 0 aliphatic carbocycles. The molecule has 0 radical (unpaired) electrons. The fourth-order valence-corrected chi connectivity index (χ4v) is 5.02. The van der Waals surface area contributed by atoms with E-state index in [0.29, 0.717) is 17.6 Å². The molecule has 0 spiro atoms. The van der Waals surface area contributed by atoms with Gasteiger partial charge in [0.15, 0.2) is 0 Å². The van der Waals surface area contributed by atoms with Crippen LogP contribution in [0, 0.1) is 5.92 Å². The predicted molar refractivity (Wildman–Crippen MR) is 155 cm³/mol. The maximum absolute atomic E-state index is 12.1. The summed E-state index contributed by atoms with van der Waals surface area (Å²) in [5.41, 5.74) is 0.